The number of hydrogen-bond acceptors (Lipinski definition) is 2. The van der Waals surface area contributed by atoms with Crippen LogP contribution in [0.5, 0.6) is 0 Å². The van der Waals surface area contributed by atoms with Gasteiger partial charge in [0.1, 0.15) is 0 Å². The van der Waals surface area contributed by atoms with Gasteiger partial charge in [-0.3, -0.25) is 4.98 Å². The molecule has 0 aliphatic carbocycles. The minimum atomic E-state index is 0.560. The lowest BCUT2D eigenvalue weighted by molar-refractivity contribution is 1.24. The van der Waals surface area contributed by atoms with E-state index in [2.05, 4.69) is 16.2 Å². The van der Waals surface area contributed by atoms with Crippen LogP contribution in [-0.4, -0.2) is 11.5 Å². The summed E-state index contributed by atoms with van der Waals surface area (Å²) in [6, 6.07) is 1.91. The molecule has 0 amide bonds. The summed E-state index contributed by atoms with van der Waals surface area (Å²) in [5.41, 5.74) is 2.17. The summed E-state index contributed by atoms with van der Waals surface area (Å²) in [6.45, 7) is 2.55. The predicted octanol–water partition coefficient (Wildman–Crippen LogP) is 1.44. The van der Waals surface area contributed by atoms with E-state index in [9.17, 15) is 0 Å². The van der Waals surface area contributed by atoms with Crippen LogP contribution in [0, 0.1) is 19.3 Å². The van der Waals surface area contributed by atoms with Crippen molar-refractivity contribution in [1.82, 2.24) is 4.98 Å². The normalized spacial score (nSPS) is 8.73. The third kappa shape index (κ3) is 1.98. The van der Waals surface area contributed by atoms with E-state index in [1.807, 2.05) is 13.0 Å². The molecular weight excluding hydrogens is 136 g/mol. The number of aryl methyl sites for hydroxylation is 1. The molecule has 56 valence electrons. The van der Waals surface area contributed by atoms with Gasteiger partial charge in [0.05, 0.1) is 6.54 Å². The Morgan fingerprint density at radius 1 is 1.73 bits per heavy atom. The van der Waals surface area contributed by atoms with Gasteiger partial charge in [-0.05, 0) is 18.6 Å². The second-order valence-corrected chi connectivity index (χ2v) is 2.25. The van der Waals surface area contributed by atoms with E-state index < -0.39 is 0 Å². The van der Waals surface area contributed by atoms with E-state index >= 15 is 0 Å². The second-order valence-electron chi connectivity index (χ2n) is 2.25. The van der Waals surface area contributed by atoms with Gasteiger partial charge in [0, 0.05) is 18.1 Å². The second kappa shape index (κ2) is 3.62. The lowest BCUT2D eigenvalue weighted by atomic mass is 10.2. The van der Waals surface area contributed by atoms with Gasteiger partial charge < -0.3 is 5.32 Å². The zero-order valence-electron chi connectivity index (χ0n) is 6.46. The molecule has 0 bridgehead atoms. The molecule has 0 spiro atoms. The SMILES string of the molecule is C#CCNc1ccncc1C. The molecule has 0 aromatic carbocycles. The average Bonchev–Trinajstić information content (AvgIpc) is 2.03. The Balaban J connectivity index is 2.71. The van der Waals surface area contributed by atoms with Crippen LogP contribution in [0.4, 0.5) is 5.69 Å². The first-order valence-electron chi connectivity index (χ1n) is 3.42. The molecule has 0 fully saturated rings. The number of nitrogens with zero attached hydrogens (tertiary/aromatic N) is 1. The highest BCUT2D eigenvalue weighted by molar-refractivity contribution is 5.49. The van der Waals surface area contributed by atoms with Crippen molar-refractivity contribution < 1.29 is 0 Å². The van der Waals surface area contributed by atoms with Crippen molar-refractivity contribution in [3.63, 3.8) is 0 Å². The maximum atomic E-state index is 5.10. The first-order valence-corrected chi connectivity index (χ1v) is 3.42. The number of aromatic nitrogens is 1. The molecule has 2 nitrogen and oxygen atoms in total. The Morgan fingerprint density at radius 3 is 3.18 bits per heavy atom. The van der Waals surface area contributed by atoms with Crippen molar-refractivity contribution in [3.8, 4) is 12.3 Å². The van der Waals surface area contributed by atoms with Gasteiger partial charge >= 0.3 is 0 Å². The number of terminal acetylenes is 1. The highest BCUT2D eigenvalue weighted by Gasteiger charge is 1.92. The van der Waals surface area contributed by atoms with Crippen LogP contribution in [0.25, 0.3) is 0 Å². The van der Waals surface area contributed by atoms with Gasteiger partial charge in [0.15, 0.2) is 0 Å². The van der Waals surface area contributed by atoms with Crippen LogP contribution in [-0.2, 0) is 0 Å². The number of nitrogens with one attached hydrogen (secondary N) is 1. The fourth-order valence-electron chi connectivity index (χ4n) is 0.818. The largest absolute Gasteiger partial charge is 0.374 e. The molecule has 1 heterocycles. The summed E-state index contributed by atoms with van der Waals surface area (Å²) in [4.78, 5) is 3.96. The van der Waals surface area contributed by atoms with Crippen LogP contribution in [0.1, 0.15) is 5.56 Å². The van der Waals surface area contributed by atoms with E-state index in [1.165, 1.54) is 0 Å². The molecule has 0 atom stereocenters. The standard InChI is InChI=1S/C9H10N2/c1-3-5-11-9-4-6-10-7-8(9)2/h1,4,6-7H,5H2,2H3,(H,10,11). The van der Waals surface area contributed by atoms with Gasteiger partial charge in [-0.15, -0.1) is 6.42 Å². The van der Waals surface area contributed by atoms with Crippen molar-refractivity contribution in [1.29, 1.82) is 0 Å². The van der Waals surface area contributed by atoms with Crippen LogP contribution in [0.3, 0.4) is 0 Å². The van der Waals surface area contributed by atoms with Gasteiger partial charge in [-0.1, -0.05) is 5.92 Å². The molecule has 0 unspecified atom stereocenters. The zero-order valence-corrected chi connectivity index (χ0v) is 6.46. The van der Waals surface area contributed by atoms with E-state index in [1.54, 1.807) is 12.4 Å². The van der Waals surface area contributed by atoms with E-state index in [0.717, 1.165) is 11.3 Å². The Labute approximate surface area is 66.7 Å². The lowest BCUT2D eigenvalue weighted by Crippen LogP contribution is -1.99. The summed E-state index contributed by atoms with van der Waals surface area (Å²) in [6.07, 6.45) is 8.64. The maximum Gasteiger partial charge on any atom is 0.0763 e. The summed E-state index contributed by atoms with van der Waals surface area (Å²) in [7, 11) is 0. The molecule has 1 N–H and O–H groups in total. The summed E-state index contributed by atoms with van der Waals surface area (Å²) in [5, 5.41) is 3.09. The Bertz CT molecular complexity index is 273. The smallest absolute Gasteiger partial charge is 0.0763 e. The van der Waals surface area contributed by atoms with Crippen LogP contribution < -0.4 is 5.32 Å². The molecule has 1 rings (SSSR count). The van der Waals surface area contributed by atoms with Crippen molar-refractivity contribution in [2.45, 2.75) is 6.92 Å². The highest BCUT2D eigenvalue weighted by atomic mass is 14.9. The number of hydrogen-bond donors (Lipinski definition) is 1. The third-order valence-corrected chi connectivity index (χ3v) is 1.40. The van der Waals surface area contributed by atoms with Crippen molar-refractivity contribution in [3.05, 3.63) is 24.0 Å². The molecule has 2 heteroatoms. The molecule has 0 saturated heterocycles. The molecule has 0 radical (unpaired) electrons. The van der Waals surface area contributed by atoms with Crippen LogP contribution >= 0.6 is 0 Å². The molecule has 1 aromatic rings. The quantitative estimate of drug-likeness (QED) is 0.638. The van der Waals surface area contributed by atoms with Crippen LogP contribution in [0.15, 0.2) is 18.5 Å². The van der Waals surface area contributed by atoms with Gasteiger partial charge in [-0.25, -0.2) is 0 Å². The fourth-order valence-corrected chi connectivity index (χ4v) is 0.818. The monoisotopic (exact) mass is 146 g/mol. The van der Waals surface area contributed by atoms with E-state index in [4.69, 9.17) is 6.42 Å². The predicted molar refractivity (Wildman–Crippen MR) is 46.3 cm³/mol. The maximum absolute atomic E-state index is 5.10. The highest BCUT2D eigenvalue weighted by Crippen LogP contribution is 2.10. The Morgan fingerprint density at radius 2 is 2.55 bits per heavy atom. The molecule has 11 heavy (non-hydrogen) atoms. The number of rotatable bonds is 2. The van der Waals surface area contributed by atoms with Crippen molar-refractivity contribution >= 4 is 5.69 Å². The first kappa shape index (κ1) is 7.62. The molecular formula is C9H10N2. The van der Waals surface area contributed by atoms with Crippen molar-refractivity contribution in [2.75, 3.05) is 11.9 Å². The summed E-state index contributed by atoms with van der Waals surface area (Å²) >= 11 is 0. The average molecular weight is 146 g/mol. The number of anilines is 1. The van der Waals surface area contributed by atoms with Gasteiger partial charge in [0.25, 0.3) is 0 Å². The Hall–Kier alpha value is -1.49. The van der Waals surface area contributed by atoms with E-state index in [-0.39, 0.29) is 0 Å². The van der Waals surface area contributed by atoms with Gasteiger partial charge in [-0.2, -0.15) is 0 Å². The number of pyridine rings is 1. The van der Waals surface area contributed by atoms with E-state index in [0.29, 0.717) is 6.54 Å². The Kier molecular flexibility index (Phi) is 2.51. The summed E-state index contributed by atoms with van der Waals surface area (Å²) < 4.78 is 0. The topological polar surface area (TPSA) is 24.9 Å². The van der Waals surface area contributed by atoms with Gasteiger partial charge in [0.2, 0.25) is 0 Å². The first-order chi connectivity index (χ1) is 5.34. The summed E-state index contributed by atoms with van der Waals surface area (Å²) in [5.74, 6) is 2.51. The van der Waals surface area contributed by atoms with Crippen LogP contribution in [0.2, 0.25) is 0 Å². The minimum absolute atomic E-state index is 0.560. The fraction of sp³-hybridized carbons (Fsp3) is 0.222. The zero-order chi connectivity index (χ0) is 8.10. The molecule has 0 aliphatic rings. The lowest BCUT2D eigenvalue weighted by Gasteiger charge is -2.03. The molecule has 0 saturated carbocycles. The third-order valence-electron chi connectivity index (χ3n) is 1.40. The molecule has 1 aromatic heterocycles. The minimum Gasteiger partial charge on any atom is -0.374 e. The molecule has 0 aliphatic heterocycles. The van der Waals surface area contributed by atoms with Crippen molar-refractivity contribution in [2.24, 2.45) is 0 Å².